The third kappa shape index (κ3) is 8.14. The molecule has 0 radical (unpaired) electrons. The lowest BCUT2D eigenvalue weighted by atomic mass is 10.1. The SMILES string of the molecule is COc1cc(C=CC(=O)OCC(=O)NC(C)(C)C)ccc1OC(F)F. The van der Waals surface area contributed by atoms with E-state index >= 15 is 0 Å². The van der Waals surface area contributed by atoms with E-state index < -0.39 is 30.6 Å². The van der Waals surface area contributed by atoms with E-state index in [2.05, 4.69) is 10.1 Å². The second kappa shape index (κ2) is 9.00. The maximum atomic E-state index is 12.3. The van der Waals surface area contributed by atoms with Crippen LogP contribution >= 0.6 is 0 Å². The molecule has 0 aliphatic carbocycles. The van der Waals surface area contributed by atoms with Crippen LogP contribution in [-0.2, 0) is 14.3 Å². The van der Waals surface area contributed by atoms with E-state index in [0.29, 0.717) is 5.56 Å². The number of benzene rings is 1. The molecular weight excluding hydrogens is 336 g/mol. The topological polar surface area (TPSA) is 73.9 Å². The molecule has 0 atom stereocenters. The Morgan fingerprint density at radius 2 is 1.92 bits per heavy atom. The van der Waals surface area contributed by atoms with Gasteiger partial charge in [-0.25, -0.2) is 4.79 Å². The van der Waals surface area contributed by atoms with E-state index in [0.717, 1.165) is 6.08 Å². The number of rotatable bonds is 7. The van der Waals surface area contributed by atoms with Crippen LogP contribution in [0.2, 0.25) is 0 Å². The molecule has 25 heavy (non-hydrogen) atoms. The summed E-state index contributed by atoms with van der Waals surface area (Å²) in [6.07, 6.45) is 2.52. The zero-order valence-corrected chi connectivity index (χ0v) is 14.5. The molecule has 1 amide bonds. The number of amides is 1. The highest BCUT2D eigenvalue weighted by atomic mass is 19.3. The zero-order chi connectivity index (χ0) is 19.0. The molecule has 0 aliphatic rings. The first-order valence-corrected chi connectivity index (χ1v) is 7.39. The number of alkyl halides is 2. The lowest BCUT2D eigenvalue weighted by Crippen LogP contribution is -2.42. The summed E-state index contributed by atoms with van der Waals surface area (Å²) in [7, 11) is 1.31. The molecule has 0 fully saturated rings. The molecule has 0 aliphatic heterocycles. The fraction of sp³-hybridized carbons (Fsp3) is 0.412. The van der Waals surface area contributed by atoms with E-state index in [9.17, 15) is 18.4 Å². The molecule has 0 saturated carbocycles. The van der Waals surface area contributed by atoms with Gasteiger partial charge in [0.2, 0.25) is 0 Å². The summed E-state index contributed by atoms with van der Waals surface area (Å²) in [4.78, 5) is 23.2. The Morgan fingerprint density at radius 1 is 1.24 bits per heavy atom. The number of methoxy groups -OCH3 is 1. The largest absolute Gasteiger partial charge is 0.493 e. The molecule has 1 N–H and O–H groups in total. The lowest BCUT2D eigenvalue weighted by Gasteiger charge is -2.20. The fourth-order valence-corrected chi connectivity index (χ4v) is 1.78. The van der Waals surface area contributed by atoms with Crippen molar-refractivity contribution in [2.75, 3.05) is 13.7 Å². The Balaban J connectivity index is 2.62. The summed E-state index contributed by atoms with van der Waals surface area (Å²) in [5.74, 6) is -1.14. The van der Waals surface area contributed by atoms with E-state index in [1.807, 2.05) is 0 Å². The highest BCUT2D eigenvalue weighted by Crippen LogP contribution is 2.29. The van der Waals surface area contributed by atoms with Gasteiger partial charge in [0, 0.05) is 11.6 Å². The van der Waals surface area contributed by atoms with Crippen LogP contribution < -0.4 is 14.8 Å². The third-order valence-corrected chi connectivity index (χ3v) is 2.68. The summed E-state index contributed by atoms with van der Waals surface area (Å²) in [5, 5.41) is 2.65. The van der Waals surface area contributed by atoms with Crippen LogP contribution in [0.15, 0.2) is 24.3 Å². The van der Waals surface area contributed by atoms with Crippen molar-refractivity contribution < 1.29 is 32.6 Å². The minimum Gasteiger partial charge on any atom is -0.493 e. The van der Waals surface area contributed by atoms with Gasteiger partial charge in [0.25, 0.3) is 5.91 Å². The average Bonchev–Trinajstić information content (AvgIpc) is 2.49. The van der Waals surface area contributed by atoms with E-state index in [1.54, 1.807) is 20.8 Å². The molecule has 1 aromatic carbocycles. The van der Waals surface area contributed by atoms with Crippen molar-refractivity contribution in [2.45, 2.75) is 32.9 Å². The third-order valence-electron chi connectivity index (χ3n) is 2.68. The maximum Gasteiger partial charge on any atom is 0.387 e. The van der Waals surface area contributed by atoms with Gasteiger partial charge in [0.05, 0.1) is 7.11 Å². The number of nitrogens with one attached hydrogen (secondary N) is 1. The van der Waals surface area contributed by atoms with Gasteiger partial charge in [0.15, 0.2) is 18.1 Å². The smallest absolute Gasteiger partial charge is 0.387 e. The summed E-state index contributed by atoms with van der Waals surface area (Å²) in [6, 6.07) is 4.19. The van der Waals surface area contributed by atoms with Gasteiger partial charge >= 0.3 is 12.6 Å². The zero-order valence-electron chi connectivity index (χ0n) is 14.5. The first-order chi connectivity index (χ1) is 11.6. The number of esters is 1. The molecule has 8 heteroatoms. The number of hydrogen-bond acceptors (Lipinski definition) is 5. The lowest BCUT2D eigenvalue weighted by molar-refractivity contribution is -0.144. The number of carbonyl (C=O) groups excluding carboxylic acids is 2. The quantitative estimate of drug-likeness (QED) is 0.600. The summed E-state index contributed by atoms with van der Waals surface area (Å²) < 4.78 is 38.6. The van der Waals surface area contributed by atoms with Gasteiger partial charge in [-0.05, 0) is 44.5 Å². The number of carbonyl (C=O) groups is 2. The molecule has 0 aromatic heterocycles. The van der Waals surface area contributed by atoms with Crippen LogP contribution in [0.4, 0.5) is 8.78 Å². The molecule has 0 saturated heterocycles. The molecule has 138 valence electrons. The van der Waals surface area contributed by atoms with Crippen molar-refractivity contribution in [1.29, 1.82) is 0 Å². The summed E-state index contributed by atoms with van der Waals surface area (Å²) in [6.45, 7) is 2.05. The molecule has 0 bridgehead atoms. The van der Waals surface area contributed by atoms with Crippen molar-refractivity contribution >= 4 is 18.0 Å². The van der Waals surface area contributed by atoms with Crippen molar-refractivity contribution in [1.82, 2.24) is 5.32 Å². The predicted octanol–water partition coefficient (Wildman–Crippen LogP) is 2.77. The second-order valence-electron chi connectivity index (χ2n) is 6.03. The van der Waals surface area contributed by atoms with Gasteiger partial charge in [-0.1, -0.05) is 6.07 Å². The summed E-state index contributed by atoms with van der Waals surface area (Å²) >= 11 is 0. The van der Waals surface area contributed by atoms with Crippen LogP contribution in [0.25, 0.3) is 6.08 Å². The van der Waals surface area contributed by atoms with Crippen LogP contribution in [0, 0.1) is 0 Å². The number of halogens is 2. The molecule has 0 spiro atoms. The molecule has 6 nitrogen and oxygen atoms in total. The molecule has 1 rings (SSSR count). The van der Waals surface area contributed by atoms with Crippen molar-refractivity contribution in [3.05, 3.63) is 29.8 Å². The minimum atomic E-state index is -2.97. The van der Waals surface area contributed by atoms with Crippen LogP contribution in [0.1, 0.15) is 26.3 Å². The Morgan fingerprint density at radius 3 is 2.48 bits per heavy atom. The standard InChI is InChI=1S/C17H21F2NO5/c1-17(2,3)20-14(21)10-24-15(22)8-6-11-5-7-12(25-16(18)19)13(9-11)23-4/h5-9,16H,10H2,1-4H3,(H,20,21). The van der Waals surface area contributed by atoms with Gasteiger partial charge < -0.3 is 19.5 Å². The fourth-order valence-electron chi connectivity index (χ4n) is 1.78. The maximum absolute atomic E-state index is 12.3. The normalized spacial score (nSPS) is 11.5. The van der Waals surface area contributed by atoms with E-state index in [1.165, 1.54) is 31.4 Å². The first-order valence-electron chi connectivity index (χ1n) is 7.39. The van der Waals surface area contributed by atoms with Crippen LogP contribution in [-0.4, -0.2) is 37.7 Å². The molecular formula is C17H21F2NO5. The van der Waals surface area contributed by atoms with Gasteiger partial charge in [0.1, 0.15) is 0 Å². The van der Waals surface area contributed by atoms with Crippen LogP contribution in [0.3, 0.4) is 0 Å². The Bertz CT molecular complexity index is 638. The minimum absolute atomic E-state index is 0.0976. The van der Waals surface area contributed by atoms with E-state index in [-0.39, 0.29) is 11.5 Å². The second-order valence-corrected chi connectivity index (χ2v) is 6.03. The van der Waals surface area contributed by atoms with Gasteiger partial charge in [-0.3, -0.25) is 4.79 Å². The molecule has 1 aromatic rings. The monoisotopic (exact) mass is 357 g/mol. The van der Waals surface area contributed by atoms with Crippen molar-refractivity contribution in [3.63, 3.8) is 0 Å². The van der Waals surface area contributed by atoms with Gasteiger partial charge in [-0.2, -0.15) is 8.78 Å². The van der Waals surface area contributed by atoms with E-state index in [4.69, 9.17) is 9.47 Å². The Labute approximate surface area is 144 Å². The molecule has 0 heterocycles. The highest BCUT2D eigenvalue weighted by Gasteiger charge is 2.14. The molecule has 0 unspecified atom stereocenters. The highest BCUT2D eigenvalue weighted by molar-refractivity contribution is 5.89. The van der Waals surface area contributed by atoms with Gasteiger partial charge in [-0.15, -0.1) is 0 Å². The Kier molecular flexibility index (Phi) is 7.35. The Hall–Kier alpha value is -2.64. The average molecular weight is 357 g/mol. The van der Waals surface area contributed by atoms with Crippen molar-refractivity contribution in [3.8, 4) is 11.5 Å². The predicted molar refractivity (Wildman–Crippen MR) is 87.5 cm³/mol. The number of ether oxygens (including phenoxy) is 3. The van der Waals surface area contributed by atoms with Crippen LogP contribution in [0.5, 0.6) is 11.5 Å². The summed E-state index contributed by atoms with van der Waals surface area (Å²) in [5.41, 5.74) is 0.0901. The first kappa shape index (κ1) is 20.4. The van der Waals surface area contributed by atoms with Crippen molar-refractivity contribution in [2.24, 2.45) is 0 Å². The number of hydrogen-bond donors (Lipinski definition) is 1.